The summed E-state index contributed by atoms with van der Waals surface area (Å²) in [5, 5.41) is 4.53. The highest BCUT2D eigenvalue weighted by molar-refractivity contribution is 5.44. The fourth-order valence-electron chi connectivity index (χ4n) is 2.15. The van der Waals surface area contributed by atoms with Crippen molar-refractivity contribution in [2.75, 3.05) is 6.54 Å². The largest absolute Gasteiger partial charge is 0.330 e. The third kappa shape index (κ3) is 2.39. The summed E-state index contributed by atoms with van der Waals surface area (Å²) in [6.45, 7) is 6.85. The number of hydrogen-bond donors (Lipinski definition) is 1. The minimum Gasteiger partial charge on any atom is -0.330 e. The number of aryl methyl sites for hydroxylation is 3. The highest BCUT2D eigenvalue weighted by Crippen LogP contribution is 2.18. The Morgan fingerprint density at radius 1 is 1.18 bits per heavy atom. The van der Waals surface area contributed by atoms with Crippen molar-refractivity contribution in [2.45, 2.75) is 27.2 Å². The fraction of sp³-hybridized carbons (Fsp3) is 0.357. The van der Waals surface area contributed by atoms with Gasteiger partial charge in [0, 0.05) is 5.69 Å². The summed E-state index contributed by atoms with van der Waals surface area (Å²) in [6.07, 6.45) is 0.884. The number of hydrogen-bond acceptors (Lipinski definition) is 2. The first-order valence-corrected chi connectivity index (χ1v) is 5.95. The van der Waals surface area contributed by atoms with Gasteiger partial charge in [-0.1, -0.05) is 17.7 Å². The van der Waals surface area contributed by atoms with E-state index in [1.165, 1.54) is 11.1 Å². The molecule has 1 heterocycles. The highest BCUT2D eigenvalue weighted by atomic mass is 15.3. The van der Waals surface area contributed by atoms with Crippen LogP contribution in [0, 0.1) is 20.8 Å². The Labute approximate surface area is 102 Å². The summed E-state index contributed by atoms with van der Waals surface area (Å²) in [5.74, 6) is 0. The molecule has 2 aromatic rings. The lowest BCUT2D eigenvalue weighted by Crippen LogP contribution is -2.09. The van der Waals surface area contributed by atoms with Gasteiger partial charge in [0.15, 0.2) is 0 Å². The molecule has 2 rings (SSSR count). The molecule has 0 aliphatic rings. The predicted molar refractivity (Wildman–Crippen MR) is 70.5 cm³/mol. The van der Waals surface area contributed by atoms with Crippen LogP contribution in [-0.4, -0.2) is 16.3 Å². The van der Waals surface area contributed by atoms with E-state index < -0.39 is 0 Å². The number of rotatable bonds is 3. The second-order valence-corrected chi connectivity index (χ2v) is 4.51. The number of benzene rings is 1. The van der Waals surface area contributed by atoms with E-state index in [1.807, 2.05) is 11.6 Å². The Kier molecular flexibility index (Phi) is 3.29. The Morgan fingerprint density at radius 3 is 2.53 bits per heavy atom. The minimum absolute atomic E-state index is 0.662. The summed E-state index contributed by atoms with van der Waals surface area (Å²) in [7, 11) is 0. The molecule has 0 aliphatic carbocycles. The van der Waals surface area contributed by atoms with E-state index in [-0.39, 0.29) is 0 Å². The van der Waals surface area contributed by atoms with Crippen LogP contribution in [0.1, 0.15) is 22.5 Å². The van der Waals surface area contributed by atoms with E-state index in [0.29, 0.717) is 6.54 Å². The quantitative estimate of drug-likeness (QED) is 0.877. The number of nitrogens with two attached hydrogens (primary N) is 1. The fourth-order valence-corrected chi connectivity index (χ4v) is 2.15. The van der Waals surface area contributed by atoms with Crippen molar-refractivity contribution in [3.63, 3.8) is 0 Å². The molecular formula is C14H19N3. The second kappa shape index (κ2) is 4.72. The standard InChI is InChI=1S/C14H19N3/c1-10-4-5-14(13(8-10)6-7-15)17-12(3)9-11(2)16-17/h4-5,8-9H,6-7,15H2,1-3H3. The Balaban J connectivity index is 2.54. The molecular weight excluding hydrogens is 210 g/mol. The molecule has 0 aliphatic heterocycles. The summed E-state index contributed by atoms with van der Waals surface area (Å²) >= 11 is 0. The van der Waals surface area contributed by atoms with Crippen LogP contribution in [-0.2, 0) is 6.42 Å². The van der Waals surface area contributed by atoms with Crippen molar-refractivity contribution in [1.29, 1.82) is 0 Å². The lowest BCUT2D eigenvalue weighted by Gasteiger charge is -2.11. The first kappa shape index (κ1) is 11.9. The van der Waals surface area contributed by atoms with Crippen LogP contribution < -0.4 is 5.73 Å². The summed E-state index contributed by atoms with van der Waals surface area (Å²) in [6, 6.07) is 8.52. The molecule has 1 aromatic carbocycles. The Bertz CT molecular complexity index is 526. The molecule has 90 valence electrons. The van der Waals surface area contributed by atoms with Gasteiger partial charge >= 0.3 is 0 Å². The van der Waals surface area contributed by atoms with Crippen LogP contribution in [0.2, 0.25) is 0 Å². The summed E-state index contributed by atoms with van der Waals surface area (Å²) in [5.41, 5.74) is 11.5. The van der Waals surface area contributed by atoms with Gasteiger partial charge in [-0.2, -0.15) is 5.10 Å². The molecule has 0 fully saturated rings. The van der Waals surface area contributed by atoms with Crippen molar-refractivity contribution < 1.29 is 0 Å². The van der Waals surface area contributed by atoms with Crippen molar-refractivity contribution >= 4 is 0 Å². The molecule has 0 unspecified atom stereocenters. The van der Waals surface area contributed by atoms with Crippen LogP contribution in [0.3, 0.4) is 0 Å². The van der Waals surface area contributed by atoms with Gasteiger partial charge < -0.3 is 5.73 Å². The van der Waals surface area contributed by atoms with E-state index in [2.05, 4.69) is 43.2 Å². The molecule has 17 heavy (non-hydrogen) atoms. The zero-order valence-electron chi connectivity index (χ0n) is 10.7. The van der Waals surface area contributed by atoms with E-state index in [9.17, 15) is 0 Å². The van der Waals surface area contributed by atoms with E-state index in [0.717, 1.165) is 23.5 Å². The smallest absolute Gasteiger partial charge is 0.0681 e. The van der Waals surface area contributed by atoms with Crippen LogP contribution in [0.15, 0.2) is 24.3 Å². The van der Waals surface area contributed by atoms with Gasteiger partial charge in [-0.25, -0.2) is 4.68 Å². The van der Waals surface area contributed by atoms with Crippen LogP contribution in [0.4, 0.5) is 0 Å². The maximum Gasteiger partial charge on any atom is 0.0681 e. The molecule has 0 saturated carbocycles. The van der Waals surface area contributed by atoms with Crippen LogP contribution >= 0.6 is 0 Å². The molecule has 1 aromatic heterocycles. The zero-order valence-corrected chi connectivity index (χ0v) is 10.7. The van der Waals surface area contributed by atoms with Gasteiger partial charge in [-0.05, 0) is 51.4 Å². The predicted octanol–water partition coefficient (Wildman–Crippen LogP) is 2.30. The second-order valence-electron chi connectivity index (χ2n) is 4.51. The topological polar surface area (TPSA) is 43.8 Å². The van der Waals surface area contributed by atoms with Gasteiger partial charge in [-0.15, -0.1) is 0 Å². The van der Waals surface area contributed by atoms with Crippen LogP contribution in [0.25, 0.3) is 5.69 Å². The van der Waals surface area contributed by atoms with Crippen molar-refractivity contribution in [1.82, 2.24) is 9.78 Å². The van der Waals surface area contributed by atoms with Crippen molar-refractivity contribution in [2.24, 2.45) is 5.73 Å². The van der Waals surface area contributed by atoms with Gasteiger partial charge in [0.05, 0.1) is 11.4 Å². The molecule has 0 radical (unpaired) electrons. The Hall–Kier alpha value is -1.61. The van der Waals surface area contributed by atoms with E-state index in [1.54, 1.807) is 0 Å². The molecule has 2 N–H and O–H groups in total. The summed E-state index contributed by atoms with van der Waals surface area (Å²) < 4.78 is 2.00. The molecule has 0 saturated heterocycles. The van der Waals surface area contributed by atoms with E-state index in [4.69, 9.17) is 5.73 Å². The zero-order chi connectivity index (χ0) is 12.4. The highest BCUT2D eigenvalue weighted by Gasteiger charge is 2.08. The van der Waals surface area contributed by atoms with Gasteiger partial charge in [0.2, 0.25) is 0 Å². The average Bonchev–Trinajstić information content (AvgIpc) is 2.59. The number of aromatic nitrogens is 2. The third-order valence-electron chi connectivity index (χ3n) is 2.89. The molecule has 3 heteroatoms. The lowest BCUT2D eigenvalue weighted by atomic mass is 10.1. The first-order chi connectivity index (χ1) is 8.11. The first-order valence-electron chi connectivity index (χ1n) is 5.95. The SMILES string of the molecule is Cc1ccc(-n2nc(C)cc2C)c(CCN)c1. The molecule has 0 bridgehead atoms. The van der Waals surface area contributed by atoms with E-state index >= 15 is 0 Å². The third-order valence-corrected chi connectivity index (χ3v) is 2.89. The van der Waals surface area contributed by atoms with Crippen molar-refractivity contribution in [3.8, 4) is 5.69 Å². The molecule has 3 nitrogen and oxygen atoms in total. The lowest BCUT2D eigenvalue weighted by molar-refractivity contribution is 0.813. The molecule has 0 amide bonds. The Morgan fingerprint density at radius 2 is 1.94 bits per heavy atom. The normalized spacial score (nSPS) is 10.8. The number of nitrogens with zero attached hydrogens (tertiary/aromatic N) is 2. The van der Waals surface area contributed by atoms with Gasteiger partial charge in [0.25, 0.3) is 0 Å². The molecule has 0 spiro atoms. The monoisotopic (exact) mass is 229 g/mol. The van der Waals surface area contributed by atoms with Gasteiger partial charge in [0.1, 0.15) is 0 Å². The maximum absolute atomic E-state index is 5.67. The average molecular weight is 229 g/mol. The van der Waals surface area contributed by atoms with Crippen molar-refractivity contribution in [3.05, 3.63) is 46.8 Å². The minimum atomic E-state index is 0.662. The maximum atomic E-state index is 5.67. The van der Waals surface area contributed by atoms with Gasteiger partial charge in [-0.3, -0.25) is 0 Å². The van der Waals surface area contributed by atoms with Crippen LogP contribution in [0.5, 0.6) is 0 Å². The summed E-state index contributed by atoms with van der Waals surface area (Å²) in [4.78, 5) is 0. The molecule has 0 atom stereocenters.